The van der Waals surface area contributed by atoms with Crippen LogP contribution in [0.15, 0.2) is 54.6 Å². The SMILES string of the molecule is COc1ccc(N2CC3(CCN(CCc4ccccc4)CC3)OC(C)C2=O)cc1. The molecule has 1 atom stereocenters. The minimum Gasteiger partial charge on any atom is -0.497 e. The van der Waals surface area contributed by atoms with Crippen molar-refractivity contribution in [2.75, 3.05) is 38.2 Å². The number of piperidine rings is 1. The molecule has 29 heavy (non-hydrogen) atoms. The number of hydrogen-bond donors (Lipinski definition) is 0. The molecule has 0 N–H and O–H groups in total. The predicted molar refractivity (Wildman–Crippen MR) is 114 cm³/mol. The van der Waals surface area contributed by atoms with Gasteiger partial charge in [-0.25, -0.2) is 0 Å². The standard InChI is InChI=1S/C24H30N2O3/c1-19-23(27)26(21-8-10-22(28-2)11-9-21)18-24(29-19)13-16-25(17-14-24)15-12-20-6-4-3-5-7-20/h3-11,19H,12-18H2,1-2H3. The molecule has 5 nitrogen and oxygen atoms in total. The van der Waals surface area contributed by atoms with Gasteiger partial charge in [0.2, 0.25) is 0 Å². The maximum absolute atomic E-state index is 12.8. The maximum atomic E-state index is 12.8. The van der Waals surface area contributed by atoms with E-state index in [4.69, 9.17) is 9.47 Å². The molecule has 0 aromatic heterocycles. The quantitative estimate of drug-likeness (QED) is 0.778. The first kappa shape index (κ1) is 19.9. The molecule has 0 saturated carbocycles. The fourth-order valence-corrected chi connectivity index (χ4v) is 4.42. The first-order valence-electron chi connectivity index (χ1n) is 10.5. The van der Waals surface area contributed by atoms with Crippen LogP contribution in [-0.4, -0.2) is 55.8 Å². The number of methoxy groups -OCH3 is 1. The van der Waals surface area contributed by atoms with Gasteiger partial charge in [-0.1, -0.05) is 30.3 Å². The van der Waals surface area contributed by atoms with E-state index in [1.165, 1.54) is 5.56 Å². The summed E-state index contributed by atoms with van der Waals surface area (Å²) in [5, 5.41) is 0. The van der Waals surface area contributed by atoms with E-state index in [0.717, 1.165) is 50.3 Å². The molecule has 0 radical (unpaired) electrons. The zero-order valence-electron chi connectivity index (χ0n) is 17.3. The summed E-state index contributed by atoms with van der Waals surface area (Å²) in [6.45, 7) is 5.57. The van der Waals surface area contributed by atoms with Crippen molar-refractivity contribution in [3.8, 4) is 5.75 Å². The van der Waals surface area contributed by atoms with Crippen LogP contribution < -0.4 is 9.64 Å². The largest absolute Gasteiger partial charge is 0.497 e. The summed E-state index contributed by atoms with van der Waals surface area (Å²) >= 11 is 0. The number of rotatable bonds is 5. The fraction of sp³-hybridized carbons (Fsp3) is 0.458. The van der Waals surface area contributed by atoms with Crippen LogP contribution in [0.4, 0.5) is 5.69 Å². The molecule has 1 unspecified atom stereocenters. The van der Waals surface area contributed by atoms with Crippen LogP contribution in [-0.2, 0) is 16.0 Å². The molecule has 4 rings (SSSR count). The number of nitrogens with zero attached hydrogens (tertiary/aromatic N) is 2. The van der Waals surface area contributed by atoms with Gasteiger partial charge >= 0.3 is 0 Å². The molecular weight excluding hydrogens is 364 g/mol. The second-order valence-electron chi connectivity index (χ2n) is 8.14. The zero-order chi connectivity index (χ0) is 20.3. The molecule has 2 aromatic carbocycles. The third-order valence-electron chi connectivity index (χ3n) is 6.20. The smallest absolute Gasteiger partial charge is 0.255 e. The molecule has 1 amide bonds. The average Bonchev–Trinajstić information content (AvgIpc) is 2.77. The Morgan fingerprint density at radius 2 is 1.76 bits per heavy atom. The Morgan fingerprint density at radius 1 is 1.07 bits per heavy atom. The summed E-state index contributed by atoms with van der Waals surface area (Å²) in [5.41, 5.74) is 2.04. The number of ether oxygens (including phenoxy) is 2. The highest BCUT2D eigenvalue weighted by atomic mass is 16.5. The molecule has 5 heteroatoms. The van der Waals surface area contributed by atoms with Crippen LogP contribution in [0, 0.1) is 0 Å². The van der Waals surface area contributed by atoms with Gasteiger partial charge in [0.15, 0.2) is 0 Å². The zero-order valence-corrected chi connectivity index (χ0v) is 17.3. The molecule has 2 saturated heterocycles. The summed E-state index contributed by atoms with van der Waals surface area (Å²) in [6, 6.07) is 18.4. The number of hydrogen-bond acceptors (Lipinski definition) is 4. The van der Waals surface area contributed by atoms with Crippen molar-refractivity contribution < 1.29 is 14.3 Å². The Balaban J connectivity index is 1.39. The Bertz CT molecular complexity index is 814. The molecule has 0 aliphatic carbocycles. The number of likely N-dealkylation sites (tertiary alicyclic amines) is 1. The maximum Gasteiger partial charge on any atom is 0.255 e. The highest BCUT2D eigenvalue weighted by Crippen LogP contribution is 2.35. The molecule has 2 aromatic rings. The third kappa shape index (κ3) is 4.46. The Kier molecular flexibility index (Phi) is 5.88. The molecule has 0 bridgehead atoms. The molecule has 2 aliphatic rings. The first-order valence-corrected chi connectivity index (χ1v) is 10.5. The van der Waals surface area contributed by atoms with Crippen molar-refractivity contribution in [2.24, 2.45) is 0 Å². The summed E-state index contributed by atoms with van der Waals surface area (Å²) < 4.78 is 11.5. The number of carbonyl (C=O) groups excluding carboxylic acids is 1. The van der Waals surface area contributed by atoms with Crippen molar-refractivity contribution in [3.63, 3.8) is 0 Å². The van der Waals surface area contributed by atoms with Crippen LogP contribution in [0.2, 0.25) is 0 Å². The van der Waals surface area contributed by atoms with Gasteiger partial charge in [0.25, 0.3) is 5.91 Å². The Hall–Kier alpha value is -2.37. The molecule has 2 heterocycles. The van der Waals surface area contributed by atoms with E-state index < -0.39 is 6.10 Å². The molecule has 2 aliphatic heterocycles. The van der Waals surface area contributed by atoms with Gasteiger partial charge in [-0.2, -0.15) is 0 Å². The second-order valence-corrected chi connectivity index (χ2v) is 8.14. The van der Waals surface area contributed by atoms with E-state index in [-0.39, 0.29) is 11.5 Å². The van der Waals surface area contributed by atoms with Crippen molar-refractivity contribution in [1.82, 2.24) is 4.90 Å². The van der Waals surface area contributed by atoms with E-state index in [2.05, 4.69) is 35.2 Å². The molecule has 1 spiro atoms. The monoisotopic (exact) mass is 394 g/mol. The summed E-state index contributed by atoms with van der Waals surface area (Å²) in [5.74, 6) is 0.830. The van der Waals surface area contributed by atoms with Gasteiger partial charge in [-0.3, -0.25) is 4.79 Å². The van der Waals surface area contributed by atoms with Gasteiger partial charge in [0, 0.05) is 25.3 Å². The van der Waals surface area contributed by atoms with Gasteiger partial charge < -0.3 is 19.3 Å². The van der Waals surface area contributed by atoms with E-state index in [0.29, 0.717) is 6.54 Å². The molecule has 2 fully saturated rings. The van der Waals surface area contributed by atoms with Crippen LogP contribution >= 0.6 is 0 Å². The normalized spacial score (nSPS) is 22.1. The highest BCUT2D eigenvalue weighted by Gasteiger charge is 2.45. The number of amides is 1. The average molecular weight is 395 g/mol. The van der Waals surface area contributed by atoms with Gasteiger partial charge in [0.1, 0.15) is 11.9 Å². The van der Waals surface area contributed by atoms with Crippen LogP contribution in [0.5, 0.6) is 5.75 Å². The lowest BCUT2D eigenvalue weighted by atomic mass is 9.88. The Labute approximate surface area is 173 Å². The lowest BCUT2D eigenvalue weighted by molar-refractivity contribution is -0.161. The topological polar surface area (TPSA) is 42.0 Å². The van der Waals surface area contributed by atoms with E-state index >= 15 is 0 Å². The van der Waals surface area contributed by atoms with E-state index in [9.17, 15) is 4.79 Å². The minimum absolute atomic E-state index is 0.0345. The summed E-state index contributed by atoms with van der Waals surface area (Å²) in [6.07, 6.45) is 2.56. The van der Waals surface area contributed by atoms with Crippen LogP contribution in [0.25, 0.3) is 0 Å². The number of morpholine rings is 1. The lowest BCUT2D eigenvalue weighted by Gasteiger charge is -2.49. The minimum atomic E-state index is -0.415. The number of carbonyl (C=O) groups is 1. The summed E-state index contributed by atoms with van der Waals surface area (Å²) in [4.78, 5) is 17.2. The predicted octanol–water partition coefficient (Wildman–Crippen LogP) is 3.52. The summed E-state index contributed by atoms with van der Waals surface area (Å²) in [7, 11) is 1.65. The number of anilines is 1. The third-order valence-corrected chi connectivity index (χ3v) is 6.20. The van der Waals surface area contributed by atoms with Crippen LogP contribution in [0.1, 0.15) is 25.3 Å². The van der Waals surface area contributed by atoms with Crippen LogP contribution in [0.3, 0.4) is 0 Å². The fourth-order valence-electron chi connectivity index (χ4n) is 4.42. The highest BCUT2D eigenvalue weighted by molar-refractivity contribution is 5.97. The van der Waals surface area contributed by atoms with E-state index in [1.54, 1.807) is 7.11 Å². The Morgan fingerprint density at radius 3 is 2.41 bits per heavy atom. The van der Waals surface area contributed by atoms with Crippen molar-refractivity contribution in [3.05, 3.63) is 60.2 Å². The van der Waals surface area contributed by atoms with Crippen molar-refractivity contribution in [2.45, 2.75) is 37.9 Å². The lowest BCUT2D eigenvalue weighted by Crippen LogP contribution is -2.61. The first-order chi connectivity index (χ1) is 14.1. The van der Waals surface area contributed by atoms with Gasteiger partial charge in [-0.15, -0.1) is 0 Å². The molecule has 154 valence electrons. The second kappa shape index (κ2) is 8.56. The molecular formula is C24H30N2O3. The van der Waals surface area contributed by atoms with E-state index in [1.807, 2.05) is 36.1 Å². The van der Waals surface area contributed by atoms with Crippen molar-refractivity contribution in [1.29, 1.82) is 0 Å². The van der Waals surface area contributed by atoms with Gasteiger partial charge in [0.05, 0.1) is 19.3 Å². The van der Waals surface area contributed by atoms with Gasteiger partial charge in [-0.05, 0) is 56.0 Å². The number of benzene rings is 2. The van der Waals surface area contributed by atoms with Crippen molar-refractivity contribution >= 4 is 11.6 Å².